The number of nitrogens with one attached hydrogen (secondary N) is 1. The number of aromatic nitrogens is 3. The van der Waals surface area contributed by atoms with E-state index in [2.05, 4.69) is 31.7 Å². The third-order valence-corrected chi connectivity index (χ3v) is 6.37. The lowest BCUT2D eigenvalue weighted by Crippen LogP contribution is -2.48. The van der Waals surface area contributed by atoms with Crippen molar-refractivity contribution in [2.75, 3.05) is 46.9 Å². The van der Waals surface area contributed by atoms with Crippen LogP contribution in [-0.2, 0) is 6.54 Å². The predicted molar refractivity (Wildman–Crippen MR) is 126 cm³/mol. The molecule has 0 unspecified atom stereocenters. The van der Waals surface area contributed by atoms with Gasteiger partial charge >= 0.3 is 6.09 Å². The summed E-state index contributed by atoms with van der Waals surface area (Å²) in [6.45, 7) is 4.17. The molecule has 172 valence electrons. The lowest BCUT2D eigenvalue weighted by Gasteiger charge is -2.33. The molecule has 3 aromatic heterocycles. The molecule has 1 aromatic carbocycles. The van der Waals surface area contributed by atoms with Crippen LogP contribution in [0.3, 0.4) is 0 Å². The molecule has 0 aliphatic carbocycles. The number of ether oxygens (including phenoxy) is 2. The van der Waals surface area contributed by atoms with E-state index < -0.39 is 6.09 Å². The summed E-state index contributed by atoms with van der Waals surface area (Å²) in [5, 5.41) is 11.3. The van der Waals surface area contributed by atoms with Crippen molar-refractivity contribution in [1.29, 1.82) is 0 Å². The number of nitrogens with zero attached hydrogens (tertiary/aromatic N) is 4. The smallest absolute Gasteiger partial charge is 0.407 e. The number of fused-ring (bicyclic) bond motifs is 2. The molecule has 0 atom stereocenters. The quantitative estimate of drug-likeness (QED) is 0.468. The average molecular weight is 450 g/mol. The van der Waals surface area contributed by atoms with Gasteiger partial charge in [-0.05, 0) is 24.3 Å². The molecule has 0 bridgehead atoms. The van der Waals surface area contributed by atoms with Crippen LogP contribution in [0.2, 0.25) is 0 Å². The first-order chi connectivity index (χ1) is 16.1. The second-order valence-corrected chi connectivity index (χ2v) is 8.20. The van der Waals surface area contributed by atoms with Crippen LogP contribution in [0.25, 0.3) is 33.2 Å². The Morgan fingerprint density at radius 1 is 1.09 bits per heavy atom. The lowest BCUT2D eigenvalue weighted by molar-refractivity contribution is 0.104. The van der Waals surface area contributed by atoms with Crippen molar-refractivity contribution in [3.05, 3.63) is 42.7 Å². The minimum absolute atomic E-state index is 0.542. The van der Waals surface area contributed by atoms with Gasteiger partial charge in [-0.15, -0.1) is 0 Å². The summed E-state index contributed by atoms with van der Waals surface area (Å²) >= 11 is 0. The molecule has 1 amide bonds. The Balaban J connectivity index is 1.49. The normalized spacial score (nSPS) is 14.8. The summed E-state index contributed by atoms with van der Waals surface area (Å²) in [6, 6.07) is 10.1. The number of aromatic amines is 1. The third kappa shape index (κ3) is 3.95. The Bertz CT molecular complexity index is 1270. The fraction of sp³-hybridized carbons (Fsp3) is 0.333. The Kier molecular flexibility index (Phi) is 5.55. The van der Waals surface area contributed by atoms with Crippen molar-refractivity contribution in [2.24, 2.45) is 0 Å². The number of hydrogen-bond acceptors (Lipinski definition) is 5. The van der Waals surface area contributed by atoms with Crippen LogP contribution >= 0.6 is 0 Å². The SMILES string of the molecule is COc1cc2c(-c3cc4cccnc4[nH]3)cn(CCN3CCN(C(=O)O)CC3)c2cc1OC. The van der Waals surface area contributed by atoms with Crippen molar-refractivity contribution in [3.63, 3.8) is 0 Å². The summed E-state index contributed by atoms with van der Waals surface area (Å²) in [6.07, 6.45) is 3.09. The number of pyridine rings is 1. The number of amides is 1. The van der Waals surface area contributed by atoms with E-state index in [9.17, 15) is 9.90 Å². The summed E-state index contributed by atoms with van der Waals surface area (Å²) in [5.41, 5.74) is 3.97. The fourth-order valence-corrected chi connectivity index (χ4v) is 4.53. The molecule has 33 heavy (non-hydrogen) atoms. The minimum Gasteiger partial charge on any atom is -0.493 e. The number of H-pyrrole nitrogens is 1. The first-order valence-corrected chi connectivity index (χ1v) is 11.0. The molecular weight excluding hydrogens is 422 g/mol. The highest BCUT2D eigenvalue weighted by atomic mass is 16.5. The monoisotopic (exact) mass is 449 g/mol. The molecule has 5 rings (SSSR count). The van der Waals surface area contributed by atoms with Crippen molar-refractivity contribution < 1.29 is 19.4 Å². The van der Waals surface area contributed by atoms with Gasteiger partial charge in [-0.25, -0.2) is 9.78 Å². The highest BCUT2D eigenvalue weighted by molar-refractivity contribution is 5.99. The number of methoxy groups -OCH3 is 2. The number of carboxylic acid groups (broad SMARTS) is 1. The van der Waals surface area contributed by atoms with Gasteiger partial charge in [0.15, 0.2) is 11.5 Å². The molecule has 1 aliphatic heterocycles. The van der Waals surface area contributed by atoms with Crippen LogP contribution < -0.4 is 9.47 Å². The molecule has 4 aromatic rings. The third-order valence-electron chi connectivity index (χ3n) is 6.37. The second-order valence-electron chi connectivity index (χ2n) is 8.20. The van der Waals surface area contributed by atoms with Gasteiger partial charge in [0, 0.05) is 79.8 Å². The Morgan fingerprint density at radius 3 is 2.55 bits per heavy atom. The largest absolute Gasteiger partial charge is 0.493 e. The molecular formula is C24H27N5O4. The van der Waals surface area contributed by atoms with E-state index >= 15 is 0 Å². The zero-order chi connectivity index (χ0) is 22.9. The zero-order valence-electron chi connectivity index (χ0n) is 18.7. The van der Waals surface area contributed by atoms with Gasteiger partial charge in [0.1, 0.15) is 5.65 Å². The lowest BCUT2D eigenvalue weighted by atomic mass is 10.1. The predicted octanol–water partition coefficient (Wildman–Crippen LogP) is 3.50. The summed E-state index contributed by atoms with van der Waals surface area (Å²) in [7, 11) is 3.28. The number of benzene rings is 1. The summed E-state index contributed by atoms with van der Waals surface area (Å²) in [5.74, 6) is 1.37. The van der Waals surface area contributed by atoms with Gasteiger partial charge in [-0.2, -0.15) is 0 Å². The Morgan fingerprint density at radius 2 is 1.85 bits per heavy atom. The molecule has 1 saturated heterocycles. The summed E-state index contributed by atoms with van der Waals surface area (Å²) in [4.78, 5) is 22.8. The number of carbonyl (C=O) groups is 1. The van der Waals surface area contributed by atoms with Crippen molar-refractivity contribution in [2.45, 2.75) is 6.54 Å². The van der Waals surface area contributed by atoms with Crippen LogP contribution in [0.15, 0.2) is 42.7 Å². The van der Waals surface area contributed by atoms with Gasteiger partial charge in [0.05, 0.1) is 19.7 Å². The van der Waals surface area contributed by atoms with Crippen molar-refractivity contribution in [1.82, 2.24) is 24.3 Å². The Hall–Kier alpha value is -3.72. The van der Waals surface area contributed by atoms with Crippen LogP contribution in [0.5, 0.6) is 11.5 Å². The molecule has 4 heterocycles. The van der Waals surface area contributed by atoms with E-state index in [0.29, 0.717) is 24.6 Å². The first-order valence-electron chi connectivity index (χ1n) is 11.0. The first kappa shape index (κ1) is 21.1. The number of hydrogen-bond donors (Lipinski definition) is 2. The molecule has 9 nitrogen and oxygen atoms in total. The maximum Gasteiger partial charge on any atom is 0.407 e. The maximum absolute atomic E-state index is 11.2. The molecule has 0 spiro atoms. The van der Waals surface area contributed by atoms with E-state index in [0.717, 1.165) is 59.4 Å². The topological polar surface area (TPSA) is 95.9 Å². The van der Waals surface area contributed by atoms with E-state index in [1.165, 1.54) is 4.90 Å². The summed E-state index contributed by atoms with van der Waals surface area (Å²) < 4.78 is 13.4. The van der Waals surface area contributed by atoms with Crippen LogP contribution in [-0.4, -0.2) is 82.5 Å². The van der Waals surface area contributed by atoms with Crippen molar-refractivity contribution in [3.8, 4) is 22.8 Å². The van der Waals surface area contributed by atoms with Gasteiger partial charge in [0.25, 0.3) is 0 Å². The number of piperazine rings is 1. The van der Waals surface area contributed by atoms with E-state index in [-0.39, 0.29) is 0 Å². The molecule has 1 fully saturated rings. The van der Waals surface area contributed by atoms with E-state index in [1.54, 1.807) is 20.4 Å². The van der Waals surface area contributed by atoms with Gasteiger partial charge in [-0.1, -0.05) is 0 Å². The molecule has 0 radical (unpaired) electrons. The van der Waals surface area contributed by atoms with E-state index in [1.807, 2.05) is 24.3 Å². The second kappa shape index (κ2) is 8.67. The zero-order valence-corrected chi connectivity index (χ0v) is 18.7. The van der Waals surface area contributed by atoms with E-state index in [4.69, 9.17) is 9.47 Å². The standard InChI is InChI=1S/C24H27N5O4/c1-32-21-13-17-18(19-12-16-4-3-5-25-23(16)26-19)15-29(20(17)14-22(21)33-2)11-8-27-6-9-28(10-7-27)24(30)31/h3-5,12-15H,6-11H2,1-2H3,(H,25,26)(H,30,31). The van der Waals surface area contributed by atoms with Gasteiger partial charge in [0.2, 0.25) is 0 Å². The molecule has 0 saturated carbocycles. The maximum atomic E-state index is 11.2. The van der Waals surface area contributed by atoms with Crippen molar-refractivity contribution >= 4 is 28.0 Å². The molecule has 2 N–H and O–H groups in total. The van der Waals surface area contributed by atoms with Crippen LogP contribution in [0.1, 0.15) is 0 Å². The van der Waals surface area contributed by atoms with Crippen LogP contribution in [0, 0.1) is 0 Å². The van der Waals surface area contributed by atoms with Gasteiger partial charge in [-0.3, -0.25) is 4.90 Å². The fourth-order valence-electron chi connectivity index (χ4n) is 4.53. The van der Waals surface area contributed by atoms with Gasteiger partial charge < -0.3 is 29.0 Å². The highest BCUT2D eigenvalue weighted by Gasteiger charge is 2.21. The molecule has 1 aliphatic rings. The highest BCUT2D eigenvalue weighted by Crippen LogP contribution is 2.38. The minimum atomic E-state index is -0.843. The molecule has 9 heteroatoms. The van der Waals surface area contributed by atoms with Crippen LogP contribution in [0.4, 0.5) is 4.79 Å². The number of rotatable bonds is 6. The Labute approximate surface area is 191 Å². The average Bonchev–Trinajstić information content (AvgIpc) is 3.43.